The summed E-state index contributed by atoms with van der Waals surface area (Å²) in [4.78, 5) is 15.3. The van der Waals surface area contributed by atoms with Crippen molar-refractivity contribution in [3.8, 4) is 0 Å². The molecule has 1 amide bonds. The molecular weight excluding hydrogens is 339 g/mol. The number of likely N-dealkylation sites (tertiary alicyclic amines) is 1. The fourth-order valence-electron chi connectivity index (χ4n) is 2.63. The predicted octanol–water partition coefficient (Wildman–Crippen LogP) is 3.83. The predicted molar refractivity (Wildman–Crippen MR) is 97.0 cm³/mol. The van der Waals surface area contributed by atoms with Crippen molar-refractivity contribution in [3.63, 3.8) is 0 Å². The van der Waals surface area contributed by atoms with Crippen LogP contribution in [-0.4, -0.2) is 35.7 Å². The number of carbonyl (C=O) groups is 1. The molecule has 2 unspecified atom stereocenters. The first-order chi connectivity index (χ1) is 10.1. The second-order valence-electron chi connectivity index (χ2n) is 5.63. The highest BCUT2D eigenvalue weighted by Gasteiger charge is 2.25. The minimum Gasteiger partial charge on any atom is -0.342 e. The zero-order valence-electron chi connectivity index (χ0n) is 12.8. The van der Waals surface area contributed by atoms with Gasteiger partial charge in [-0.3, -0.25) is 4.79 Å². The van der Waals surface area contributed by atoms with Gasteiger partial charge in [0.1, 0.15) is 0 Å². The largest absolute Gasteiger partial charge is 0.342 e. The molecule has 1 aromatic rings. The third kappa shape index (κ3) is 5.65. The van der Waals surface area contributed by atoms with Gasteiger partial charge in [0.2, 0.25) is 5.91 Å². The molecule has 0 spiro atoms. The summed E-state index contributed by atoms with van der Waals surface area (Å²) in [6.07, 6.45) is 2.76. The summed E-state index contributed by atoms with van der Waals surface area (Å²) in [5.74, 6) is 1.45. The molecule has 1 aromatic carbocycles. The summed E-state index contributed by atoms with van der Waals surface area (Å²) < 4.78 is 0. The van der Waals surface area contributed by atoms with Crippen molar-refractivity contribution in [3.05, 3.63) is 29.3 Å². The van der Waals surface area contributed by atoms with Crippen molar-refractivity contribution in [2.75, 3.05) is 18.8 Å². The van der Waals surface area contributed by atoms with Crippen LogP contribution >= 0.6 is 35.8 Å². The average molecular weight is 363 g/mol. The zero-order valence-corrected chi connectivity index (χ0v) is 15.2. The van der Waals surface area contributed by atoms with Crippen LogP contribution in [-0.2, 0) is 4.79 Å². The molecule has 0 bridgehead atoms. The summed E-state index contributed by atoms with van der Waals surface area (Å²) in [5, 5.41) is 0.755. The Bertz CT molecular complexity index is 485. The quantitative estimate of drug-likeness (QED) is 0.809. The van der Waals surface area contributed by atoms with E-state index in [4.69, 9.17) is 17.3 Å². The third-order valence-electron chi connectivity index (χ3n) is 3.96. The van der Waals surface area contributed by atoms with Crippen molar-refractivity contribution >= 4 is 41.7 Å². The minimum absolute atomic E-state index is 0. The molecule has 1 heterocycles. The van der Waals surface area contributed by atoms with Crippen LogP contribution in [0.15, 0.2) is 29.2 Å². The molecule has 2 rings (SSSR count). The van der Waals surface area contributed by atoms with Gasteiger partial charge in [0.15, 0.2) is 0 Å². The van der Waals surface area contributed by atoms with Gasteiger partial charge in [-0.1, -0.05) is 23.7 Å². The molecule has 2 atom stereocenters. The number of piperidine rings is 1. The number of halogens is 2. The van der Waals surface area contributed by atoms with E-state index in [1.165, 1.54) is 0 Å². The maximum atomic E-state index is 12.3. The van der Waals surface area contributed by atoms with Crippen LogP contribution in [0.2, 0.25) is 5.02 Å². The SMILES string of the molecule is CC(N)C1CCCN(C(=O)CCSc2ccccc2Cl)C1.Cl. The number of benzene rings is 1. The lowest BCUT2D eigenvalue weighted by molar-refractivity contribution is -0.132. The molecule has 1 saturated heterocycles. The molecule has 0 aromatic heterocycles. The van der Waals surface area contributed by atoms with E-state index in [9.17, 15) is 4.79 Å². The molecule has 124 valence electrons. The van der Waals surface area contributed by atoms with Gasteiger partial charge in [-0.2, -0.15) is 0 Å². The molecular formula is C16H24Cl2N2OS. The van der Waals surface area contributed by atoms with Gasteiger partial charge in [-0.15, -0.1) is 24.2 Å². The molecule has 1 aliphatic heterocycles. The summed E-state index contributed by atoms with van der Waals surface area (Å²) in [6, 6.07) is 7.92. The van der Waals surface area contributed by atoms with E-state index in [0.717, 1.165) is 41.6 Å². The highest BCUT2D eigenvalue weighted by atomic mass is 35.5. The molecule has 22 heavy (non-hydrogen) atoms. The maximum Gasteiger partial charge on any atom is 0.223 e. The van der Waals surface area contributed by atoms with Crippen LogP contribution < -0.4 is 5.73 Å². The fourth-order valence-corrected chi connectivity index (χ4v) is 3.81. The molecule has 6 heteroatoms. The van der Waals surface area contributed by atoms with Gasteiger partial charge < -0.3 is 10.6 Å². The van der Waals surface area contributed by atoms with Crippen LogP contribution in [0.4, 0.5) is 0 Å². The van der Waals surface area contributed by atoms with E-state index in [1.807, 2.05) is 36.1 Å². The summed E-state index contributed by atoms with van der Waals surface area (Å²) in [6.45, 7) is 3.72. The fraction of sp³-hybridized carbons (Fsp3) is 0.562. The molecule has 1 fully saturated rings. The number of thioether (sulfide) groups is 1. The Kier molecular flexibility index (Phi) is 8.62. The Morgan fingerprint density at radius 2 is 2.23 bits per heavy atom. The first-order valence-electron chi connectivity index (χ1n) is 7.48. The van der Waals surface area contributed by atoms with Crippen molar-refractivity contribution in [1.29, 1.82) is 0 Å². The maximum absolute atomic E-state index is 12.3. The number of hydrogen-bond acceptors (Lipinski definition) is 3. The smallest absolute Gasteiger partial charge is 0.223 e. The van der Waals surface area contributed by atoms with Crippen molar-refractivity contribution in [2.45, 2.75) is 37.1 Å². The highest BCUT2D eigenvalue weighted by Crippen LogP contribution is 2.27. The average Bonchev–Trinajstić information content (AvgIpc) is 2.49. The number of carbonyl (C=O) groups excluding carboxylic acids is 1. The van der Waals surface area contributed by atoms with E-state index in [2.05, 4.69) is 0 Å². The molecule has 0 saturated carbocycles. The van der Waals surface area contributed by atoms with Gasteiger partial charge in [0.25, 0.3) is 0 Å². The second-order valence-corrected chi connectivity index (χ2v) is 7.17. The summed E-state index contributed by atoms with van der Waals surface area (Å²) >= 11 is 7.75. The Hall–Kier alpha value is -0.420. The number of rotatable bonds is 5. The normalized spacial score (nSPS) is 19.4. The molecule has 0 radical (unpaired) electrons. The van der Waals surface area contributed by atoms with Crippen molar-refractivity contribution in [1.82, 2.24) is 4.90 Å². The lowest BCUT2D eigenvalue weighted by atomic mass is 9.92. The van der Waals surface area contributed by atoms with Gasteiger partial charge in [0.05, 0.1) is 5.02 Å². The van der Waals surface area contributed by atoms with E-state index in [0.29, 0.717) is 12.3 Å². The van der Waals surface area contributed by atoms with Crippen LogP contribution in [0.1, 0.15) is 26.2 Å². The Labute approximate surface area is 148 Å². The van der Waals surface area contributed by atoms with Crippen molar-refractivity contribution < 1.29 is 4.79 Å². The topological polar surface area (TPSA) is 46.3 Å². The number of nitrogens with zero attached hydrogens (tertiary/aromatic N) is 1. The van der Waals surface area contributed by atoms with E-state index >= 15 is 0 Å². The lowest BCUT2D eigenvalue weighted by Crippen LogP contribution is -2.45. The van der Waals surface area contributed by atoms with Crippen LogP contribution in [0, 0.1) is 5.92 Å². The standard InChI is InChI=1S/C16H23ClN2OS.ClH/c1-12(18)13-5-4-9-19(11-13)16(20)8-10-21-15-7-3-2-6-14(15)17;/h2-3,6-7,12-13H,4-5,8-11,18H2,1H3;1H. The van der Waals surface area contributed by atoms with Crippen LogP contribution in [0.5, 0.6) is 0 Å². The van der Waals surface area contributed by atoms with Gasteiger partial charge in [-0.05, 0) is 37.8 Å². The van der Waals surface area contributed by atoms with Gasteiger partial charge in [-0.25, -0.2) is 0 Å². The van der Waals surface area contributed by atoms with E-state index in [-0.39, 0.29) is 24.4 Å². The van der Waals surface area contributed by atoms with E-state index in [1.54, 1.807) is 11.8 Å². The molecule has 3 nitrogen and oxygen atoms in total. The number of nitrogens with two attached hydrogens (primary N) is 1. The third-order valence-corrected chi connectivity index (χ3v) is 5.48. The Balaban J connectivity index is 0.00000242. The Morgan fingerprint density at radius 1 is 1.50 bits per heavy atom. The minimum atomic E-state index is 0. The summed E-state index contributed by atoms with van der Waals surface area (Å²) in [5.41, 5.74) is 5.97. The van der Waals surface area contributed by atoms with Crippen LogP contribution in [0.25, 0.3) is 0 Å². The monoisotopic (exact) mass is 362 g/mol. The first-order valence-corrected chi connectivity index (χ1v) is 8.85. The first kappa shape index (κ1) is 19.6. The molecule has 0 aliphatic carbocycles. The Morgan fingerprint density at radius 3 is 2.91 bits per heavy atom. The summed E-state index contributed by atoms with van der Waals surface area (Å²) in [7, 11) is 0. The highest BCUT2D eigenvalue weighted by molar-refractivity contribution is 7.99. The molecule has 1 aliphatic rings. The lowest BCUT2D eigenvalue weighted by Gasteiger charge is -2.34. The van der Waals surface area contributed by atoms with Gasteiger partial charge >= 0.3 is 0 Å². The zero-order chi connectivity index (χ0) is 15.2. The number of amides is 1. The molecule has 2 N–H and O–H groups in total. The number of hydrogen-bond donors (Lipinski definition) is 1. The van der Waals surface area contributed by atoms with Gasteiger partial charge in [0, 0.05) is 36.2 Å². The second kappa shape index (κ2) is 9.66. The van der Waals surface area contributed by atoms with E-state index < -0.39 is 0 Å². The van der Waals surface area contributed by atoms with Crippen molar-refractivity contribution in [2.24, 2.45) is 11.7 Å². The van der Waals surface area contributed by atoms with Crippen LogP contribution in [0.3, 0.4) is 0 Å².